The van der Waals surface area contributed by atoms with Gasteiger partial charge in [0.2, 0.25) is 0 Å². The zero-order chi connectivity index (χ0) is 21.8. The van der Waals surface area contributed by atoms with Gasteiger partial charge in [-0.2, -0.15) is 0 Å². The van der Waals surface area contributed by atoms with Crippen LogP contribution in [0.2, 0.25) is 0 Å². The van der Waals surface area contributed by atoms with Crippen LogP contribution < -0.4 is 0 Å². The molecular formula is C25H31FN4O. The van der Waals surface area contributed by atoms with E-state index in [2.05, 4.69) is 16.5 Å². The van der Waals surface area contributed by atoms with Crippen molar-refractivity contribution in [3.05, 3.63) is 59.3 Å². The number of rotatable bonds is 8. The number of hydrogen-bond acceptors (Lipinski definition) is 3. The molecule has 5 nitrogen and oxygen atoms in total. The van der Waals surface area contributed by atoms with Crippen LogP contribution in [0.25, 0.3) is 11.2 Å². The minimum Gasteiger partial charge on any atom is -0.331 e. The van der Waals surface area contributed by atoms with Gasteiger partial charge in [0.25, 0.3) is 5.91 Å². The molecule has 164 valence electrons. The Labute approximate surface area is 183 Å². The minimum absolute atomic E-state index is 0.145. The lowest BCUT2D eigenvalue weighted by Crippen LogP contribution is -2.33. The van der Waals surface area contributed by atoms with E-state index in [1.807, 2.05) is 17.0 Å². The lowest BCUT2D eigenvalue weighted by Gasteiger charge is -2.24. The normalized spacial score (nSPS) is 14.4. The van der Waals surface area contributed by atoms with Gasteiger partial charge in [0.05, 0.1) is 6.54 Å². The van der Waals surface area contributed by atoms with E-state index < -0.39 is 0 Å². The molecule has 0 bridgehead atoms. The summed E-state index contributed by atoms with van der Waals surface area (Å²) in [6.45, 7) is 4.89. The molecule has 1 fully saturated rings. The number of unbranched alkanes of at least 4 members (excludes halogenated alkanes) is 2. The Kier molecular flexibility index (Phi) is 6.64. The molecule has 6 heteroatoms. The van der Waals surface area contributed by atoms with Crippen LogP contribution >= 0.6 is 0 Å². The van der Waals surface area contributed by atoms with Gasteiger partial charge in [-0.1, -0.05) is 38.7 Å². The Morgan fingerprint density at radius 2 is 2.03 bits per heavy atom. The lowest BCUT2D eigenvalue weighted by molar-refractivity contribution is 0.0732. The molecule has 3 aromatic rings. The molecule has 4 rings (SSSR count). The van der Waals surface area contributed by atoms with Gasteiger partial charge in [0.1, 0.15) is 17.2 Å². The number of carbonyl (C=O) groups is 1. The molecule has 1 aliphatic rings. The highest BCUT2D eigenvalue weighted by Gasteiger charge is 2.26. The number of imidazole rings is 1. The summed E-state index contributed by atoms with van der Waals surface area (Å²) in [4.78, 5) is 24.7. The molecule has 1 aliphatic carbocycles. The quantitative estimate of drug-likeness (QED) is 0.429. The Morgan fingerprint density at radius 1 is 1.23 bits per heavy atom. The molecule has 0 aliphatic heterocycles. The number of fused-ring (bicyclic) bond motifs is 1. The summed E-state index contributed by atoms with van der Waals surface area (Å²) in [6.07, 6.45) is 9.48. The predicted octanol–water partition coefficient (Wildman–Crippen LogP) is 5.83. The first-order valence-corrected chi connectivity index (χ1v) is 11.5. The molecule has 1 saturated carbocycles. The van der Waals surface area contributed by atoms with E-state index in [1.165, 1.54) is 18.9 Å². The largest absolute Gasteiger partial charge is 0.331 e. The molecule has 0 N–H and O–H groups in total. The number of benzene rings is 1. The maximum Gasteiger partial charge on any atom is 0.254 e. The zero-order valence-electron chi connectivity index (χ0n) is 18.5. The first-order valence-electron chi connectivity index (χ1n) is 11.5. The third-order valence-corrected chi connectivity index (χ3v) is 6.28. The number of pyridine rings is 1. The van der Waals surface area contributed by atoms with Crippen molar-refractivity contribution in [3.8, 4) is 0 Å². The van der Waals surface area contributed by atoms with Gasteiger partial charge in [-0.3, -0.25) is 4.79 Å². The van der Waals surface area contributed by atoms with Crippen LogP contribution in [-0.2, 0) is 6.54 Å². The van der Waals surface area contributed by atoms with Gasteiger partial charge >= 0.3 is 0 Å². The molecule has 2 aromatic heterocycles. The fourth-order valence-corrected chi connectivity index (χ4v) is 4.52. The van der Waals surface area contributed by atoms with Gasteiger partial charge in [0.15, 0.2) is 5.65 Å². The maximum absolute atomic E-state index is 14.1. The van der Waals surface area contributed by atoms with Crippen LogP contribution in [0.5, 0.6) is 0 Å². The van der Waals surface area contributed by atoms with Crippen LogP contribution in [0.1, 0.15) is 79.7 Å². The van der Waals surface area contributed by atoms with E-state index in [-0.39, 0.29) is 11.7 Å². The number of amides is 1. The van der Waals surface area contributed by atoms with E-state index in [0.717, 1.165) is 49.1 Å². The Hall–Kier alpha value is -2.76. The SMILES string of the molecule is CCCCCN(Cc1nc2cccnc2n1C1CCCC1)C(=O)c1ccc(C)c(F)c1. The van der Waals surface area contributed by atoms with E-state index in [4.69, 9.17) is 4.98 Å². The highest BCUT2D eigenvalue weighted by atomic mass is 19.1. The van der Waals surface area contributed by atoms with E-state index >= 15 is 0 Å². The molecule has 1 aromatic carbocycles. The number of nitrogens with zero attached hydrogens (tertiary/aromatic N) is 4. The Bertz CT molecular complexity index is 1050. The van der Waals surface area contributed by atoms with Gasteiger partial charge in [-0.15, -0.1) is 0 Å². The molecule has 0 radical (unpaired) electrons. The molecular weight excluding hydrogens is 391 g/mol. The zero-order valence-corrected chi connectivity index (χ0v) is 18.5. The summed E-state index contributed by atoms with van der Waals surface area (Å²) >= 11 is 0. The van der Waals surface area contributed by atoms with Crippen molar-refractivity contribution < 1.29 is 9.18 Å². The molecule has 1 amide bonds. The number of halogens is 1. The molecule has 2 heterocycles. The lowest BCUT2D eigenvalue weighted by atomic mass is 10.1. The molecule has 0 unspecified atom stereocenters. The van der Waals surface area contributed by atoms with Crippen LogP contribution in [0.4, 0.5) is 4.39 Å². The first-order chi connectivity index (χ1) is 15.1. The summed E-state index contributed by atoms with van der Waals surface area (Å²) in [5, 5.41) is 0. The highest BCUT2D eigenvalue weighted by molar-refractivity contribution is 5.94. The van der Waals surface area contributed by atoms with E-state index in [1.54, 1.807) is 25.3 Å². The second-order valence-electron chi connectivity index (χ2n) is 8.58. The van der Waals surface area contributed by atoms with Crippen LogP contribution in [-0.4, -0.2) is 31.9 Å². The first kappa shape index (κ1) is 21.5. The van der Waals surface area contributed by atoms with Gasteiger partial charge in [-0.25, -0.2) is 14.4 Å². The highest BCUT2D eigenvalue weighted by Crippen LogP contribution is 2.33. The summed E-state index contributed by atoms with van der Waals surface area (Å²) in [6, 6.07) is 9.00. The minimum atomic E-state index is -0.346. The number of aromatic nitrogens is 3. The van der Waals surface area contributed by atoms with E-state index in [0.29, 0.717) is 30.3 Å². The summed E-state index contributed by atoms with van der Waals surface area (Å²) in [5.41, 5.74) is 2.70. The molecule has 0 spiro atoms. The smallest absolute Gasteiger partial charge is 0.254 e. The fourth-order valence-electron chi connectivity index (χ4n) is 4.52. The number of hydrogen-bond donors (Lipinski definition) is 0. The second kappa shape index (κ2) is 9.58. The van der Waals surface area contributed by atoms with Crippen molar-refractivity contribution in [2.24, 2.45) is 0 Å². The maximum atomic E-state index is 14.1. The Morgan fingerprint density at radius 3 is 2.77 bits per heavy atom. The predicted molar refractivity (Wildman–Crippen MR) is 120 cm³/mol. The van der Waals surface area contributed by atoms with Crippen molar-refractivity contribution in [1.82, 2.24) is 19.4 Å². The molecule has 31 heavy (non-hydrogen) atoms. The van der Waals surface area contributed by atoms with Gasteiger partial charge in [0, 0.05) is 24.3 Å². The fraction of sp³-hybridized carbons (Fsp3) is 0.480. The third-order valence-electron chi connectivity index (χ3n) is 6.28. The standard InChI is InChI=1S/C25H31FN4O/c1-3-4-7-15-29(25(31)19-13-12-18(2)21(26)16-19)17-23-28-22-11-8-14-27-24(22)30(23)20-9-5-6-10-20/h8,11-14,16,20H,3-7,9-10,15,17H2,1-2H3. The van der Waals surface area contributed by atoms with Crippen LogP contribution in [0, 0.1) is 12.7 Å². The van der Waals surface area contributed by atoms with Crippen molar-refractivity contribution in [2.75, 3.05) is 6.54 Å². The summed E-state index contributed by atoms with van der Waals surface area (Å²) in [5.74, 6) is 0.382. The monoisotopic (exact) mass is 422 g/mol. The average molecular weight is 423 g/mol. The van der Waals surface area contributed by atoms with Crippen molar-refractivity contribution in [3.63, 3.8) is 0 Å². The number of carbonyl (C=O) groups excluding carboxylic acids is 1. The second-order valence-corrected chi connectivity index (χ2v) is 8.58. The van der Waals surface area contributed by atoms with Crippen molar-refractivity contribution in [1.29, 1.82) is 0 Å². The van der Waals surface area contributed by atoms with Crippen LogP contribution in [0.15, 0.2) is 36.5 Å². The summed E-state index contributed by atoms with van der Waals surface area (Å²) in [7, 11) is 0. The third kappa shape index (κ3) is 4.63. The van der Waals surface area contributed by atoms with Crippen LogP contribution in [0.3, 0.4) is 0 Å². The average Bonchev–Trinajstić information content (AvgIpc) is 3.41. The van der Waals surface area contributed by atoms with E-state index in [9.17, 15) is 9.18 Å². The van der Waals surface area contributed by atoms with Crippen molar-refractivity contribution >= 4 is 17.1 Å². The van der Waals surface area contributed by atoms with Crippen molar-refractivity contribution in [2.45, 2.75) is 71.4 Å². The Balaban J connectivity index is 1.68. The summed E-state index contributed by atoms with van der Waals surface area (Å²) < 4.78 is 16.4. The van der Waals surface area contributed by atoms with Gasteiger partial charge < -0.3 is 9.47 Å². The molecule has 0 atom stereocenters. The topological polar surface area (TPSA) is 51.0 Å². The van der Waals surface area contributed by atoms with Gasteiger partial charge in [-0.05, 0) is 56.0 Å². The molecule has 0 saturated heterocycles. The number of aryl methyl sites for hydroxylation is 1.